The molecule has 1 aromatic rings. The molecule has 4 bridgehead atoms. The number of carbonyl (C=O) groups excluding carboxylic acids is 2. The van der Waals surface area contributed by atoms with Gasteiger partial charge in [-0.15, -0.1) is 0 Å². The summed E-state index contributed by atoms with van der Waals surface area (Å²) in [6.07, 6.45) is 7.44. The fourth-order valence-electron chi connectivity index (χ4n) is 7.31. The number of halogens is 1. The van der Waals surface area contributed by atoms with E-state index in [1.54, 1.807) is 6.92 Å². The number of quaternary nitrogens is 1. The number of amides is 2. The molecule has 4 aliphatic carbocycles. The third-order valence-corrected chi connectivity index (χ3v) is 8.45. The van der Waals surface area contributed by atoms with E-state index < -0.39 is 0 Å². The van der Waals surface area contributed by atoms with E-state index in [2.05, 4.69) is 4.90 Å². The summed E-state index contributed by atoms with van der Waals surface area (Å²) in [7, 11) is 0. The van der Waals surface area contributed by atoms with E-state index in [0.29, 0.717) is 13.1 Å². The van der Waals surface area contributed by atoms with Crippen LogP contribution in [0.2, 0.25) is 0 Å². The minimum absolute atomic E-state index is 0.0130. The van der Waals surface area contributed by atoms with Gasteiger partial charge < -0.3 is 14.7 Å². The monoisotopic (exact) mass is 428 g/mol. The minimum Gasteiger partial charge on any atom is -0.332 e. The molecule has 5 nitrogen and oxygen atoms in total. The van der Waals surface area contributed by atoms with Gasteiger partial charge in [0.2, 0.25) is 5.91 Å². The van der Waals surface area contributed by atoms with E-state index in [0.717, 1.165) is 68.8 Å². The molecule has 1 heterocycles. The van der Waals surface area contributed by atoms with Crippen molar-refractivity contribution >= 4 is 11.8 Å². The summed E-state index contributed by atoms with van der Waals surface area (Å²) in [4.78, 5) is 30.8. The smallest absolute Gasteiger partial charge is 0.278 e. The lowest BCUT2D eigenvalue weighted by atomic mass is 9.52. The first kappa shape index (κ1) is 20.9. The lowest BCUT2D eigenvalue weighted by molar-refractivity contribution is -0.896. The molecular weight excluding hydrogens is 393 g/mol. The fourth-order valence-corrected chi connectivity index (χ4v) is 7.31. The summed E-state index contributed by atoms with van der Waals surface area (Å²) in [6, 6.07) is 6.66. The first-order chi connectivity index (χ1) is 14.9. The molecule has 1 aliphatic heterocycles. The van der Waals surface area contributed by atoms with Crippen LogP contribution >= 0.6 is 0 Å². The van der Waals surface area contributed by atoms with Crippen LogP contribution in [0.25, 0.3) is 0 Å². The van der Waals surface area contributed by atoms with Crippen molar-refractivity contribution in [3.05, 3.63) is 35.6 Å². The van der Waals surface area contributed by atoms with Crippen molar-refractivity contribution in [2.45, 2.75) is 57.5 Å². The first-order valence-corrected chi connectivity index (χ1v) is 12.0. The number of rotatable bonds is 5. The quantitative estimate of drug-likeness (QED) is 0.778. The van der Waals surface area contributed by atoms with Crippen LogP contribution in [0, 0.1) is 23.6 Å². The van der Waals surface area contributed by atoms with Crippen molar-refractivity contribution in [3.63, 3.8) is 0 Å². The largest absolute Gasteiger partial charge is 0.332 e. The van der Waals surface area contributed by atoms with Crippen LogP contribution in [0.1, 0.15) is 51.0 Å². The zero-order chi connectivity index (χ0) is 21.6. The van der Waals surface area contributed by atoms with Crippen molar-refractivity contribution < 1.29 is 18.9 Å². The van der Waals surface area contributed by atoms with Gasteiger partial charge in [0.25, 0.3) is 5.91 Å². The Morgan fingerprint density at radius 3 is 2.10 bits per heavy atom. The van der Waals surface area contributed by atoms with Crippen molar-refractivity contribution in [1.29, 1.82) is 0 Å². The van der Waals surface area contributed by atoms with Crippen molar-refractivity contribution in [1.82, 2.24) is 9.80 Å². The van der Waals surface area contributed by atoms with Gasteiger partial charge in [-0.05, 0) is 74.0 Å². The summed E-state index contributed by atoms with van der Waals surface area (Å²) >= 11 is 0. The summed E-state index contributed by atoms with van der Waals surface area (Å²) < 4.78 is 13.5. The number of benzene rings is 1. The Bertz CT molecular complexity index is 796. The van der Waals surface area contributed by atoms with E-state index in [1.807, 2.05) is 17.0 Å². The fraction of sp³-hybridized carbons (Fsp3) is 0.680. The standard InChI is InChI=1S/C25H34FN3O2/c1-18(30)28-8-6-27(7-9-28)17-24(31)29(16-19-2-4-23(26)5-3-19)25-13-20-10-21(14-25)12-22(11-20)15-25/h2-5,20-22H,6-17H2,1H3/p+1. The van der Waals surface area contributed by atoms with Crippen molar-refractivity contribution in [2.24, 2.45) is 17.8 Å². The molecule has 1 saturated heterocycles. The van der Waals surface area contributed by atoms with Gasteiger partial charge in [-0.1, -0.05) is 12.1 Å². The maximum absolute atomic E-state index is 13.8. The zero-order valence-corrected chi connectivity index (χ0v) is 18.6. The van der Waals surface area contributed by atoms with E-state index in [-0.39, 0.29) is 23.2 Å². The van der Waals surface area contributed by atoms with Gasteiger partial charge in [0, 0.05) is 19.0 Å². The normalized spacial score (nSPS) is 32.3. The number of nitrogens with zero attached hydrogens (tertiary/aromatic N) is 2. The van der Waals surface area contributed by atoms with Gasteiger partial charge in [0.15, 0.2) is 6.54 Å². The van der Waals surface area contributed by atoms with Crippen LogP contribution in [0.3, 0.4) is 0 Å². The summed E-state index contributed by atoms with van der Waals surface area (Å²) in [5.41, 5.74) is 1.00. The number of hydrogen-bond donors (Lipinski definition) is 1. The van der Waals surface area contributed by atoms with E-state index in [4.69, 9.17) is 0 Å². The highest BCUT2D eigenvalue weighted by Gasteiger charge is 2.54. The van der Waals surface area contributed by atoms with Crippen LogP contribution in [-0.4, -0.2) is 59.9 Å². The van der Waals surface area contributed by atoms with Crippen LogP contribution in [0.15, 0.2) is 24.3 Å². The topological polar surface area (TPSA) is 45.1 Å². The Labute approximate surface area is 184 Å². The van der Waals surface area contributed by atoms with Gasteiger partial charge in [-0.2, -0.15) is 0 Å². The highest BCUT2D eigenvalue weighted by atomic mass is 19.1. The van der Waals surface area contributed by atoms with E-state index >= 15 is 0 Å². The number of carbonyl (C=O) groups is 2. The molecule has 0 spiro atoms. The van der Waals surface area contributed by atoms with Gasteiger partial charge >= 0.3 is 0 Å². The van der Waals surface area contributed by atoms with Crippen LogP contribution in [0.5, 0.6) is 0 Å². The van der Waals surface area contributed by atoms with Gasteiger partial charge in [0.1, 0.15) is 5.82 Å². The second-order valence-electron chi connectivity index (χ2n) is 10.7. The molecule has 31 heavy (non-hydrogen) atoms. The van der Waals surface area contributed by atoms with Crippen molar-refractivity contribution in [2.75, 3.05) is 32.7 Å². The zero-order valence-electron chi connectivity index (χ0n) is 18.6. The molecule has 0 unspecified atom stereocenters. The summed E-state index contributed by atoms with van der Waals surface area (Å²) in [5.74, 6) is 2.42. The van der Waals surface area contributed by atoms with Crippen LogP contribution in [0.4, 0.5) is 4.39 Å². The van der Waals surface area contributed by atoms with Gasteiger partial charge in [0.05, 0.1) is 26.2 Å². The van der Waals surface area contributed by atoms with E-state index in [9.17, 15) is 14.0 Å². The average molecular weight is 429 g/mol. The Hall–Kier alpha value is -1.95. The highest BCUT2D eigenvalue weighted by molar-refractivity contribution is 5.78. The minimum atomic E-state index is -0.232. The molecule has 4 saturated carbocycles. The summed E-state index contributed by atoms with van der Waals surface area (Å²) in [6.45, 7) is 5.81. The Kier molecular flexibility index (Phi) is 5.53. The number of piperazine rings is 1. The Balaban J connectivity index is 1.35. The lowest BCUT2D eigenvalue weighted by Crippen LogP contribution is -3.16. The molecule has 0 aromatic heterocycles. The molecule has 5 aliphatic rings. The predicted octanol–water partition coefficient (Wildman–Crippen LogP) is 1.87. The molecule has 1 aromatic carbocycles. The first-order valence-electron chi connectivity index (χ1n) is 12.0. The molecule has 1 N–H and O–H groups in total. The second kappa shape index (κ2) is 8.19. The maximum Gasteiger partial charge on any atom is 0.278 e. The SMILES string of the molecule is CC(=O)N1CC[NH+](CC(=O)N(Cc2ccc(F)cc2)C23CC4CC(CC(C4)C2)C3)CC1. The molecule has 0 atom stereocenters. The molecule has 6 rings (SSSR count). The predicted molar refractivity (Wildman–Crippen MR) is 116 cm³/mol. The highest BCUT2D eigenvalue weighted by Crippen LogP contribution is 2.58. The summed E-state index contributed by atoms with van der Waals surface area (Å²) in [5, 5.41) is 0. The average Bonchev–Trinajstić information content (AvgIpc) is 2.72. The number of hydrogen-bond acceptors (Lipinski definition) is 2. The molecule has 168 valence electrons. The third-order valence-electron chi connectivity index (χ3n) is 8.45. The molecular formula is C25H35FN3O2+. The van der Waals surface area contributed by atoms with Crippen LogP contribution in [-0.2, 0) is 16.1 Å². The molecule has 2 amide bonds. The Morgan fingerprint density at radius 1 is 1.03 bits per heavy atom. The maximum atomic E-state index is 13.8. The lowest BCUT2D eigenvalue weighted by Gasteiger charge is -2.60. The number of nitrogens with one attached hydrogen (secondary N) is 1. The molecule has 5 fully saturated rings. The van der Waals surface area contributed by atoms with Crippen LogP contribution < -0.4 is 4.90 Å². The second-order valence-corrected chi connectivity index (χ2v) is 10.7. The van der Waals surface area contributed by atoms with Gasteiger partial charge in [-0.3, -0.25) is 9.59 Å². The molecule has 6 heteroatoms. The third kappa shape index (κ3) is 4.23. The van der Waals surface area contributed by atoms with E-state index in [1.165, 1.54) is 36.3 Å². The van der Waals surface area contributed by atoms with Crippen molar-refractivity contribution in [3.8, 4) is 0 Å². The van der Waals surface area contributed by atoms with Gasteiger partial charge in [-0.25, -0.2) is 4.39 Å². The Morgan fingerprint density at radius 2 is 1.58 bits per heavy atom. The molecule has 0 radical (unpaired) electrons.